The Morgan fingerprint density at radius 1 is 0.765 bits per heavy atom. The van der Waals surface area contributed by atoms with Crippen molar-refractivity contribution in [2.45, 2.75) is 6.18 Å². The lowest BCUT2D eigenvalue weighted by Gasteiger charge is -2.11. The summed E-state index contributed by atoms with van der Waals surface area (Å²) in [6.45, 7) is 0. The molecule has 0 unspecified atom stereocenters. The number of alkyl halides is 3. The summed E-state index contributed by atoms with van der Waals surface area (Å²) in [5.74, 6) is -0.0324. The normalized spacial score (nSPS) is 11.7. The molecule has 0 fully saturated rings. The monoisotopic (exact) mass is 588 g/mol. The van der Waals surface area contributed by atoms with Gasteiger partial charge in [-0.1, -0.05) is 56.1 Å². The minimum Gasteiger partial charge on any atom is -0.463 e. The van der Waals surface area contributed by atoms with Crippen LogP contribution >= 0.6 is 31.9 Å². The fraction of sp³-hybridized carbons (Fsp3) is 0.0417. The molecule has 3 heterocycles. The second kappa shape index (κ2) is 8.84. The molecule has 0 atom stereocenters. The van der Waals surface area contributed by atoms with E-state index in [9.17, 15) is 13.2 Å². The van der Waals surface area contributed by atoms with Crippen molar-refractivity contribution in [3.8, 4) is 39.9 Å². The molecule has 0 amide bonds. The van der Waals surface area contributed by atoms with Gasteiger partial charge in [0.2, 0.25) is 0 Å². The first kappa shape index (κ1) is 22.5. The van der Waals surface area contributed by atoms with E-state index in [1.807, 2.05) is 48.5 Å². The second-order valence-corrected chi connectivity index (χ2v) is 9.09. The van der Waals surface area contributed by atoms with Gasteiger partial charge < -0.3 is 4.42 Å². The maximum atomic E-state index is 13.7. The van der Waals surface area contributed by atoms with Crippen molar-refractivity contribution in [1.82, 2.24) is 19.7 Å². The van der Waals surface area contributed by atoms with Crippen molar-refractivity contribution >= 4 is 31.9 Å². The van der Waals surface area contributed by atoms with E-state index in [-0.39, 0.29) is 17.4 Å². The maximum Gasteiger partial charge on any atom is 0.433 e. The standard InChI is InChI=1S/C24H13Br2F3N4O/c25-16-6-1-4-14(10-16)18-12-20(15-5-2-7-17(26)11-15)33(32-18)23-30-19(21-8-3-9-34-21)13-22(31-23)24(27,28)29/h1-13H. The highest BCUT2D eigenvalue weighted by atomic mass is 79.9. The number of hydrogen-bond donors (Lipinski definition) is 0. The fourth-order valence-electron chi connectivity index (χ4n) is 3.40. The molecule has 0 N–H and O–H groups in total. The average molecular weight is 590 g/mol. The van der Waals surface area contributed by atoms with Crippen molar-refractivity contribution in [1.29, 1.82) is 0 Å². The van der Waals surface area contributed by atoms with Crippen molar-refractivity contribution in [2.75, 3.05) is 0 Å². The third kappa shape index (κ3) is 4.55. The number of nitrogens with zero attached hydrogens (tertiary/aromatic N) is 4. The van der Waals surface area contributed by atoms with Crippen LogP contribution in [0.2, 0.25) is 0 Å². The first-order valence-electron chi connectivity index (χ1n) is 9.90. The molecule has 5 nitrogen and oxygen atoms in total. The van der Waals surface area contributed by atoms with Gasteiger partial charge in [-0.25, -0.2) is 9.97 Å². The highest BCUT2D eigenvalue weighted by molar-refractivity contribution is 9.10. The van der Waals surface area contributed by atoms with Crippen LogP contribution in [0.3, 0.4) is 0 Å². The number of rotatable bonds is 4. The zero-order chi connectivity index (χ0) is 23.9. The summed E-state index contributed by atoms with van der Waals surface area (Å²) in [7, 11) is 0. The van der Waals surface area contributed by atoms with Crippen molar-refractivity contribution in [3.05, 3.63) is 93.7 Å². The molecular formula is C24H13Br2F3N4O. The summed E-state index contributed by atoms with van der Waals surface area (Å²) < 4.78 is 49.5. The number of halogens is 5. The van der Waals surface area contributed by atoms with Gasteiger partial charge in [0, 0.05) is 20.1 Å². The summed E-state index contributed by atoms with van der Waals surface area (Å²) >= 11 is 6.89. The van der Waals surface area contributed by atoms with Gasteiger partial charge in [-0.15, -0.1) is 0 Å². The topological polar surface area (TPSA) is 56.7 Å². The number of aromatic nitrogens is 4. The Balaban J connectivity index is 1.76. The molecule has 0 radical (unpaired) electrons. The molecule has 0 saturated carbocycles. The molecular weight excluding hydrogens is 577 g/mol. The molecule has 10 heteroatoms. The van der Waals surface area contributed by atoms with Gasteiger partial charge in [0.25, 0.3) is 5.95 Å². The molecule has 170 valence electrons. The number of benzene rings is 2. The second-order valence-electron chi connectivity index (χ2n) is 7.26. The van der Waals surface area contributed by atoms with Crippen LogP contribution in [0, 0.1) is 0 Å². The molecule has 0 aliphatic carbocycles. The Morgan fingerprint density at radius 3 is 2.12 bits per heavy atom. The lowest BCUT2D eigenvalue weighted by Crippen LogP contribution is -2.14. The highest BCUT2D eigenvalue weighted by Gasteiger charge is 2.34. The smallest absolute Gasteiger partial charge is 0.433 e. The molecule has 0 aliphatic heterocycles. The first-order chi connectivity index (χ1) is 16.3. The van der Waals surface area contributed by atoms with E-state index in [1.165, 1.54) is 17.0 Å². The molecule has 2 aromatic carbocycles. The summed E-state index contributed by atoms with van der Waals surface area (Å²) in [4.78, 5) is 8.19. The predicted molar refractivity (Wildman–Crippen MR) is 128 cm³/mol. The van der Waals surface area contributed by atoms with Gasteiger partial charge >= 0.3 is 6.18 Å². The molecule has 0 aliphatic rings. The van der Waals surface area contributed by atoms with E-state index >= 15 is 0 Å². The Kier molecular flexibility index (Phi) is 5.86. The van der Waals surface area contributed by atoms with E-state index in [0.29, 0.717) is 11.4 Å². The van der Waals surface area contributed by atoms with Crippen LogP contribution in [0.25, 0.3) is 39.9 Å². The highest BCUT2D eigenvalue weighted by Crippen LogP contribution is 2.34. The van der Waals surface area contributed by atoms with E-state index in [2.05, 4.69) is 46.9 Å². The van der Waals surface area contributed by atoms with Gasteiger partial charge in [-0.05, 0) is 48.5 Å². The zero-order valence-electron chi connectivity index (χ0n) is 17.1. The van der Waals surface area contributed by atoms with E-state index in [0.717, 1.165) is 26.1 Å². The third-order valence-corrected chi connectivity index (χ3v) is 5.90. The van der Waals surface area contributed by atoms with E-state index in [1.54, 1.807) is 12.1 Å². The molecule has 34 heavy (non-hydrogen) atoms. The minimum atomic E-state index is -4.69. The summed E-state index contributed by atoms with van der Waals surface area (Å²) in [6.07, 6.45) is -3.31. The Labute approximate surface area is 208 Å². The molecule has 3 aromatic heterocycles. The lowest BCUT2D eigenvalue weighted by atomic mass is 10.1. The third-order valence-electron chi connectivity index (χ3n) is 4.92. The summed E-state index contributed by atoms with van der Waals surface area (Å²) in [5, 5.41) is 4.60. The van der Waals surface area contributed by atoms with Crippen LogP contribution in [0.1, 0.15) is 5.69 Å². The predicted octanol–water partition coefficient (Wildman–Crippen LogP) is 7.80. The Bertz CT molecular complexity index is 1480. The largest absolute Gasteiger partial charge is 0.463 e. The molecule has 0 saturated heterocycles. The number of furan rings is 1. The van der Waals surface area contributed by atoms with Crippen LogP contribution in [0.4, 0.5) is 13.2 Å². The molecule has 5 rings (SSSR count). The van der Waals surface area contributed by atoms with Gasteiger partial charge in [-0.2, -0.15) is 23.0 Å². The summed E-state index contributed by atoms with van der Waals surface area (Å²) in [5.41, 5.74) is 1.50. The SMILES string of the molecule is FC(F)(F)c1cc(-c2ccco2)nc(-n2nc(-c3cccc(Br)c3)cc2-c2cccc(Br)c2)n1. The van der Waals surface area contributed by atoms with Gasteiger partial charge in [0.15, 0.2) is 11.5 Å². The van der Waals surface area contributed by atoms with Crippen LogP contribution < -0.4 is 0 Å². The van der Waals surface area contributed by atoms with Crippen LogP contribution in [0.5, 0.6) is 0 Å². The van der Waals surface area contributed by atoms with Crippen molar-refractivity contribution < 1.29 is 17.6 Å². The lowest BCUT2D eigenvalue weighted by molar-refractivity contribution is -0.141. The Morgan fingerprint density at radius 2 is 1.47 bits per heavy atom. The Hall–Kier alpha value is -3.24. The first-order valence-corrected chi connectivity index (χ1v) is 11.5. The van der Waals surface area contributed by atoms with Crippen LogP contribution in [-0.2, 0) is 6.18 Å². The van der Waals surface area contributed by atoms with Crippen LogP contribution in [0.15, 0.2) is 92.4 Å². The molecule has 0 spiro atoms. The van der Waals surface area contributed by atoms with Gasteiger partial charge in [0.05, 0.1) is 17.7 Å². The number of hydrogen-bond acceptors (Lipinski definition) is 4. The van der Waals surface area contributed by atoms with Crippen LogP contribution in [-0.4, -0.2) is 19.7 Å². The summed E-state index contributed by atoms with van der Waals surface area (Å²) in [6, 6.07) is 20.6. The maximum absolute atomic E-state index is 13.7. The quantitative estimate of drug-likeness (QED) is 0.215. The van der Waals surface area contributed by atoms with Crippen molar-refractivity contribution in [2.24, 2.45) is 0 Å². The van der Waals surface area contributed by atoms with Gasteiger partial charge in [-0.3, -0.25) is 0 Å². The molecule has 0 bridgehead atoms. The molecule has 5 aromatic rings. The minimum absolute atomic E-state index is 0.00187. The van der Waals surface area contributed by atoms with E-state index < -0.39 is 11.9 Å². The van der Waals surface area contributed by atoms with Gasteiger partial charge in [0.1, 0.15) is 5.69 Å². The average Bonchev–Trinajstić information content (AvgIpc) is 3.49. The van der Waals surface area contributed by atoms with E-state index in [4.69, 9.17) is 4.42 Å². The van der Waals surface area contributed by atoms with Crippen molar-refractivity contribution in [3.63, 3.8) is 0 Å². The fourth-order valence-corrected chi connectivity index (χ4v) is 4.20. The zero-order valence-corrected chi connectivity index (χ0v) is 20.3.